The second-order valence-electron chi connectivity index (χ2n) is 4.99. The van der Waals surface area contributed by atoms with E-state index in [0.29, 0.717) is 16.8 Å². The van der Waals surface area contributed by atoms with Gasteiger partial charge in [0.25, 0.3) is 0 Å². The first kappa shape index (κ1) is 15.1. The third kappa shape index (κ3) is 2.92. The van der Waals surface area contributed by atoms with Crippen LogP contribution in [0.3, 0.4) is 0 Å². The fourth-order valence-electron chi connectivity index (χ4n) is 2.31. The Morgan fingerprint density at radius 1 is 0.913 bits per heavy atom. The molecule has 3 rings (SSSR count). The molecule has 0 atom stereocenters. The Labute approximate surface area is 132 Å². The summed E-state index contributed by atoms with van der Waals surface area (Å²) in [4.78, 5) is 24.4. The normalized spacial score (nSPS) is 14.2. The SMILES string of the molecule is NS(=O)(=O)c1cccc(NC2=CC(=O)c3ccccc3C2=O)c1. The fourth-order valence-corrected chi connectivity index (χ4v) is 2.87. The molecule has 0 spiro atoms. The van der Waals surface area contributed by atoms with E-state index in [0.717, 1.165) is 0 Å². The van der Waals surface area contributed by atoms with Crippen LogP contribution in [0.15, 0.2) is 65.2 Å². The number of anilines is 1. The minimum atomic E-state index is -3.85. The molecule has 0 saturated carbocycles. The van der Waals surface area contributed by atoms with Gasteiger partial charge in [-0.25, -0.2) is 13.6 Å². The lowest BCUT2D eigenvalue weighted by Gasteiger charge is -2.16. The number of benzene rings is 2. The largest absolute Gasteiger partial charge is 0.352 e. The van der Waals surface area contributed by atoms with Crippen LogP contribution < -0.4 is 10.5 Å². The molecule has 1 aliphatic carbocycles. The maximum Gasteiger partial charge on any atom is 0.238 e. The van der Waals surface area contributed by atoms with Crippen LogP contribution in [0.4, 0.5) is 5.69 Å². The van der Waals surface area contributed by atoms with Crippen molar-refractivity contribution in [1.29, 1.82) is 0 Å². The number of primary sulfonamides is 1. The number of ketones is 2. The third-order valence-electron chi connectivity index (χ3n) is 3.40. The summed E-state index contributed by atoms with van der Waals surface area (Å²) < 4.78 is 22.7. The van der Waals surface area contributed by atoms with Gasteiger partial charge in [0.15, 0.2) is 5.78 Å². The number of nitrogens with one attached hydrogen (secondary N) is 1. The number of hydrogen-bond donors (Lipinski definition) is 2. The second kappa shape index (κ2) is 5.45. The van der Waals surface area contributed by atoms with Gasteiger partial charge in [-0.2, -0.15) is 0 Å². The van der Waals surface area contributed by atoms with Gasteiger partial charge in [-0.1, -0.05) is 30.3 Å². The van der Waals surface area contributed by atoms with Gasteiger partial charge in [-0.15, -0.1) is 0 Å². The minimum absolute atomic E-state index is 0.0836. The van der Waals surface area contributed by atoms with E-state index in [4.69, 9.17) is 5.14 Å². The highest BCUT2D eigenvalue weighted by atomic mass is 32.2. The highest BCUT2D eigenvalue weighted by Gasteiger charge is 2.25. The van der Waals surface area contributed by atoms with Crippen molar-refractivity contribution >= 4 is 27.3 Å². The van der Waals surface area contributed by atoms with Crippen LogP contribution in [0.1, 0.15) is 20.7 Å². The van der Waals surface area contributed by atoms with E-state index in [-0.39, 0.29) is 22.2 Å². The summed E-state index contributed by atoms with van der Waals surface area (Å²) >= 11 is 0. The number of rotatable bonds is 3. The van der Waals surface area contributed by atoms with Gasteiger partial charge in [0.2, 0.25) is 15.8 Å². The molecule has 2 aromatic carbocycles. The van der Waals surface area contributed by atoms with Crippen molar-refractivity contribution in [1.82, 2.24) is 0 Å². The molecule has 0 saturated heterocycles. The van der Waals surface area contributed by atoms with Crippen molar-refractivity contribution in [3.05, 3.63) is 71.4 Å². The Morgan fingerprint density at radius 2 is 1.61 bits per heavy atom. The van der Waals surface area contributed by atoms with Crippen LogP contribution in [-0.2, 0) is 10.0 Å². The van der Waals surface area contributed by atoms with Gasteiger partial charge in [0.1, 0.15) is 0 Å². The zero-order valence-corrected chi connectivity index (χ0v) is 12.6. The standard InChI is InChI=1S/C16H12N2O4S/c17-23(21,22)11-5-3-4-10(8-11)18-14-9-15(19)12-6-1-2-7-13(12)16(14)20/h1-9,18H,(H2,17,21,22). The van der Waals surface area contributed by atoms with Gasteiger partial charge in [0.05, 0.1) is 10.6 Å². The zero-order chi connectivity index (χ0) is 16.6. The van der Waals surface area contributed by atoms with E-state index in [9.17, 15) is 18.0 Å². The maximum absolute atomic E-state index is 12.4. The van der Waals surface area contributed by atoms with E-state index < -0.39 is 10.0 Å². The van der Waals surface area contributed by atoms with E-state index in [1.807, 2.05) is 0 Å². The number of carbonyl (C=O) groups is 2. The number of fused-ring (bicyclic) bond motifs is 1. The highest BCUT2D eigenvalue weighted by Crippen LogP contribution is 2.23. The van der Waals surface area contributed by atoms with Crippen LogP contribution in [0.25, 0.3) is 0 Å². The Hall–Kier alpha value is -2.77. The first-order chi connectivity index (χ1) is 10.9. The van der Waals surface area contributed by atoms with Gasteiger partial charge in [-0.3, -0.25) is 9.59 Å². The van der Waals surface area contributed by atoms with Crippen molar-refractivity contribution in [3.63, 3.8) is 0 Å². The lowest BCUT2D eigenvalue weighted by atomic mass is 9.92. The van der Waals surface area contributed by atoms with Gasteiger partial charge in [0, 0.05) is 22.9 Å². The average molecular weight is 328 g/mol. The molecule has 0 aliphatic heterocycles. The molecule has 2 aromatic rings. The molecule has 3 N–H and O–H groups in total. The summed E-state index contributed by atoms with van der Waals surface area (Å²) in [6.07, 6.45) is 1.20. The number of Topliss-reactive ketones (excluding diaryl/α,β-unsaturated/α-hetero) is 1. The molecule has 0 radical (unpaired) electrons. The van der Waals surface area contributed by atoms with E-state index in [2.05, 4.69) is 5.32 Å². The monoisotopic (exact) mass is 328 g/mol. The second-order valence-corrected chi connectivity index (χ2v) is 6.56. The number of nitrogens with two attached hydrogens (primary N) is 1. The van der Waals surface area contributed by atoms with E-state index in [1.54, 1.807) is 30.3 Å². The van der Waals surface area contributed by atoms with Gasteiger partial charge in [-0.05, 0) is 18.2 Å². The van der Waals surface area contributed by atoms with Crippen molar-refractivity contribution in [2.45, 2.75) is 4.90 Å². The number of allylic oxidation sites excluding steroid dienone is 2. The van der Waals surface area contributed by atoms with E-state index in [1.165, 1.54) is 24.3 Å². The minimum Gasteiger partial charge on any atom is -0.352 e. The number of sulfonamides is 1. The van der Waals surface area contributed by atoms with E-state index >= 15 is 0 Å². The predicted molar refractivity (Wildman–Crippen MR) is 84.6 cm³/mol. The summed E-state index contributed by atoms with van der Waals surface area (Å²) in [6, 6.07) is 12.2. The lowest BCUT2D eigenvalue weighted by molar-refractivity contribution is 0.0985. The molecular weight excluding hydrogens is 316 g/mol. The Morgan fingerprint density at radius 3 is 2.30 bits per heavy atom. The van der Waals surface area contributed by atoms with Crippen molar-refractivity contribution in [2.75, 3.05) is 5.32 Å². The van der Waals surface area contributed by atoms with Gasteiger partial charge < -0.3 is 5.32 Å². The molecule has 0 aromatic heterocycles. The predicted octanol–water partition coefficient (Wildman–Crippen LogP) is 1.71. The number of hydrogen-bond acceptors (Lipinski definition) is 5. The zero-order valence-electron chi connectivity index (χ0n) is 11.8. The molecule has 23 heavy (non-hydrogen) atoms. The van der Waals surface area contributed by atoms with Crippen LogP contribution >= 0.6 is 0 Å². The Bertz CT molecular complexity index is 962. The first-order valence-corrected chi connectivity index (χ1v) is 8.20. The molecule has 0 heterocycles. The molecule has 0 fully saturated rings. The Kier molecular flexibility index (Phi) is 3.59. The summed E-state index contributed by atoms with van der Waals surface area (Å²) in [6.45, 7) is 0. The van der Waals surface area contributed by atoms with Crippen LogP contribution in [0, 0.1) is 0 Å². The quantitative estimate of drug-likeness (QED) is 0.892. The molecule has 7 heteroatoms. The van der Waals surface area contributed by atoms with Crippen molar-refractivity contribution in [3.8, 4) is 0 Å². The maximum atomic E-state index is 12.4. The van der Waals surface area contributed by atoms with Crippen LogP contribution in [0.2, 0.25) is 0 Å². The Balaban J connectivity index is 1.96. The summed E-state index contributed by atoms with van der Waals surface area (Å²) in [5.74, 6) is -0.619. The molecule has 0 bridgehead atoms. The fraction of sp³-hybridized carbons (Fsp3) is 0. The molecule has 6 nitrogen and oxygen atoms in total. The van der Waals surface area contributed by atoms with Crippen molar-refractivity contribution < 1.29 is 18.0 Å². The summed E-state index contributed by atoms with van der Waals surface area (Å²) in [5.41, 5.74) is 1.09. The molecule has 1 aliphatic rings. The van der Waals surface area contributed by atoms with Crippen molar-refractivity contribution in [2.24, 2.45) is 5.14 Å². The molecular formula is C16H12N2O4S. The molecule has 0 amide bonds. The van der Waals surface area contributed by atoms with Gasteiger partial charge >= 0.3 is 0 Å². The summed E-state index contributed by atoms with van der Waals surface area (Å²) in [7, 11) is -3.85. The average Bonchev–Trinajstić information content (AvgIpc) is 2.52. The summed E-state index contributed by atoms with van der Waals surface area (Å²) in [5, 5.41) is 7.87. The molecule has 116 valence electrons. The first-order valence-electron chi connectivity index (χ1n) is 6.66. The molecule has 0 unspecified atom stereocenters. The lowest BCUT2D eigenvalue weighted by Crippen LogP contribution is -2.21. The van der Waals surface area contributed by atoms with Crippen LogP contribution in [-0.4, -0.2) is 20.0 Å². The topological polar surface area (TPSA) is 106 Å². The third-order valence-corrected chi connectivity index (χ3v) is 4.31. The number of carbonyl (C=O) groups excluding carboxylic acids is 2. The highest BCUT2D eigenvalue weighted by molar-refractivity contribution is 7.89. The smallest absolute Gasteiger partial charge is 0.238 e. The van der Waals surface area contributed by atoms with Crippen LogP contribution in [0.5, 0.6) is 0 Å².